The molecule has 1 N–H and O–H groups in total. The van der Waals surface area contributed by atoms with E-state index < -0.39 is 5.97 Å². The lowest BCUT2D eigenvalue weighted by atomic mass is 10.1. The van der Waals surface area contributed by atoms with Crippen LogP contribution in [0.15, 0.2) is 18.2 Å². The van der Waals surface area contributed by atoms with Crippen molar-refractivity contribution >= 4 is 17.6 Å². The second kappa shape index (κ2) is 5.84. The van der Waals surface area contributed by atoms with Crippen molar-refractivity contribution in [2.45, 2.75) is 19.8 Å². The number of amides is 1. The van der Waals surface area contributed by atoms with Gasteiger partial charge in [0, 0.05) is 25.4 Å². The monoisotopic (exact) mass is 263 g/mol. The smallest absolute Gasteiger partial charge is 0.335 e. The maximum absolute atomic E-state index is 11.9. The SMILES string of the molecule is CCOCCCN1C(=O)Cc2cc(C(=O)O)ccc21. The number of carbonyl (C=O) groups excluding carboxylic acids is 1. The van der Waals surface area contributed by atoms with Crippen LogP contribution in [0.4, 0.5) is 5.69 Å². The highest BCUT2D eigenvalue weighted by Crippen LogP contribution is 2.29. The van der Waals surface area contributed by atoms with Gasteiger partial charge in [0.1, 0.15) is 0 Å². The fraction of sp³-hybridized carbons (Fsp3) is 0.429. The van der Waals surface area contributed by atoms with E-state index in [2.05, 4.69) is 0 Å². The van der Waals surface area contributed by atoms with E-state index in [1.165, 1.54) is 6.07 Å². The van der Waals surface area contributed by atoms with Gasteiger partial charge in [-0.15, -0.1) is 0 Å². The van der Waals surface area contributed by atoms with Gasteiger partial charge in [0.2, 0.25) is 5.91 Å². The summed E-state index contributed by atoms with van der Waals surface area (Å²) in [7, 11) is 0. The Labute approximate surface area is 111 Å². The first-order valence-corrected chi connectivity index (χ1v) is 6.37. The number of hydrogen-bond donors (Lipinski definition) is 1. The fourth-order valence-electron chi connectivity index (χ4n) is 2.23. The molecule has 1 heterocycles. The van der Waals surface area contributed by atoms with Gasteiger partial charge < -0.3 is 14.7 Å². The molecule has 19 heavy (non-hydrogen) atoms. The van der Waals surface area contributed by atoms with E-state index >= 15 is 0 Å². The summed E-state index contributed by atoms with van der Waals surface area (Å²) in [5.41, 5.74) is 1.84. The van der Waals surface area contributed by atoms with Crippen molar-refractivity contribution in [1.82, 2.24) is 0 Å². The van der Waals surface area contributed by atoms with Gasteiger partial charge >= 0.3 is 5.97 Å². The van der Waals surface area contributed by atoms with Crippen LogP contribution >= 0.6 is 0 Å². The molecule has 1 amide bonds. The standard InChI is InChI=1S/C14H17NO4/c1-2-19-7-3-6-15-12-5-4-10(14(17)18)8-11(12)9-13(15)16/h4-5,8H,2-3,6-7,9H2,1H3,(H,17,18). The van der Waals surface area contributed by atoms with Crippen LogP contribution < -0.4 is 4.90 Å². The number of carboxylic acids is 1. The van der Waals surface area contributed by atoms with Gasteiger partial charge in [-0.05, 0) is 37.1 Å². The Morgan fingerprint density at radius 3 is 2.95 bits per heavy atom. The molecular weight excluding hydrogens is 246 g/mol. The first-order chi connectivity index (χ1) is 9.13. The van der Waals surface area contributed by atoms with Crippen LogP contribution in [0.5, 0.6) is 0 Å². The summed E-state index contributed by atoms with van der Waals surface area (Å²) in [6.45, 7) is 3.84. The molecule has 5 heteroatoms. The summed E-state index contributed by atoms with van der Waals surface area (Å²) in [6, 6.07) is 4.83. The van der Waals surface area contributed by atoms with Crippen LogP contribution in [0.3, 0.4) is 0 Å². The van der Waals surface area contributed by atoms with Gasteiger partial charge in [-0.2, -0.15) is 0 Å². The molecule has 0 saturated carbocycles. The zero-order chi connectivity index (χ0) is 13.8. The number of hydrogen-bond acceptors (Lipinski definition) is 3. The highest BCUT2D eigenvalue weighted by atomic mass is 16.5. The molecular formula is C14H17NO4. The van der Waals surface area contributed by atoms with Crippen LogP contribution in [0.2, 0.25) is 0 Å². The predicted molar refractivity (Wildman–Crippen MR) is 70.6 cm³/mol. The maximum atomic E-state index is 11.9. The van der Waals surface area contributed by atoms with Crippen molar-refractivity contribution < 1.29 is 19.4 Å². The van der Waals surface area contributed by atoms with Gasteiger partial charge in [-0.25, -0.2) is 4.79 Å². The minimum Gasteiger partial charge on any atom is -0.478 e. The van der Waals surface area contributed by atoms with Gasteiger partial charge in [-0.3, -0.25) is 4.79 Å². The quantitative estimate of drug-likeness (QED) is 0.793. The van der Waals surface area contributed by atoms with Crippen molar-refractivity contribution in [3.05, 3.63) is 29.3 Å². The molecule has 0 spiro atoms. The zero-order valence-corrected chi connectivity index (χ0v) is 10.9. The van der Waals surface area contributed by atoms with Gasteiger partial charge in [-0.1, -0.05) is 0 Å². The summed E-state index contributed by atoms with van der Waals surface area (Å²) < 4.78 is 5.25. The molecule has 1 aromatic carbocycles. The summed E-state index contributed by atoms with van der Waals surface area (Å²) in [5.74, 6) is -0.945. The molecule has 0 bridgehead atoms. The Balaban J connectivity index is 2.09. The molecule has 5 nitrogen and oxygen atoms in total. The average molecular weight is 263 g/mol. The highest BCUT2D eigenvalue weighted by molar-refractivity contribution is 6.02. The first-order valence-electron chi connectivity index (χ1n) is 6.37. The second-order valence-electron chi connectivity index (χ2n) is 4.42. The third-order valence-electron chi connectivity index (χ3n) is 3.13. The van der Waals surface area contributed by atoms with Crippen molar-refractivity contribution in [3.63, 3.8) is 0 Å². The largest absolute Gasteiger partial charge is 0.478 e. The summed E-state index contributed by atoms with van der Waals surface area (Å²) in [4.78, 5) is 24.5. The number of carbonyl (C=O) groups is 2. The third-order valence-corrected chi connectivity index (χ3v) is 3.13. The van der Waals surface area contributed by atoms with Crippen molar-refractivity contribution in [3.8, 4) is 0 Å². The highest BCUT2D eigenvalue weighted by Gasteiger charge is 2.27. The molecule has 1 aromatic rings. The molecule has 2 rings (SSSR count). The number of ether oxygens (including phenoxy) is 1. The number of nitrogens with zero attached hydrogens (tertiary/aromatic N) is 1. The van der Waals surface area contributed by atoms with E-state index in [4.69, 9.17) is 9.84 Å². The van der Waals surface area contributed by atoms with Crippen LogP contribution in [0.1, 0.15) is 29.3 Å². The number of aromatic carboxylic acids is 1. The third kappa shape index (κ3) is 2.93. The van der Waals surface area contributed by atoms with Crippen LogP contribution in [-0.2, 0) is 16.0 Å². The number of fused-ring (bicyclic) bond motifs is 1. The molecule has 0 fully saturated rings. The second-order valence-corrected chi connectivity index (χ2v) is 4.42. The molecule has 102 valence electrons. The summed E-state index contributed by atoms with van der Waals surface area (Å²) >= 11 is 0. The fourth-order valence-corrected chi connectivity index (χ4v) is 2.23. The molecule has 0 atom stereocenters. The van der Waals surface area contributed by atoms with Crippen molar-refractivity contribution in [1.29, 1.82) is 0 Å². The summed E-state index contributed by atoms with van der Waals surface area (Å²) in [5, 5.41) is 8.93. The molecule has 0 radical (unpaired) electrons. The molecule has 1 aliphatic heterocycles. The van der Waals surface area contributed by atoms with E-state index in [1.807, 2.05) is 6.92 Å². The number of benzene rings is 1. The molecule has 1 aliphatic rings. The van der Waals surface area contributed by atoms with Crippen molar-refractivity contribution in [2.75, 3.05) is 24.7 Å². The van der Waals surface area contributed by atoms with Crippen LogP contribution in [0.25, 0.3) is 0 Å². The molecule has 0 aliphatic carbocycles. The van der Waals surface area contributed by atoms with E-state index in [9.17, 15) is 9.59 Å². The minimum absolute atomic E-state index is 0.0223. The predicted octanol–water partition coefficient (Wildman–Crippen LogP) is 1.70. The minimum atomic E-state index is -0.968. The van der Waals surface area contributed by atoms with E-state index in [1.54, 1.807) is 17.0 Å². The zero-order valence-electron chi connectivity index (χ0n) is 10.9. The Morgan fingerprint density at radius 1 is 1.47 bits per heavy atom. The first kappa shape index (κ1) is 13.5. The van der Waals surface area contributed by atoms with E-state index in [0.717, 1.165) is 17.7 Å². The number of rotatable bonds is 6. The van der Waals surface area contributed by atoms with E-state index in [-0.39, 0.29) is 17.9 Å². The lowest BCUT2D eigenvalue weighted by Crippen LogP contribution is -2.28. The molecule has 0 saturated heterocycles. The van der Waals surface area contributed by atoms with Crippen LogP contribution in [-0.4, -0.2) is 36.7 Å². The van der Waals surface area contributed by atoms with E-state index in [0.29, 0.717) is 19.8 Å². The van der Waals surface area contributed by atoms with Crippen LogP contribution in [0, 0.1) is 0 Å². The Morgan fingerprint density at radius 2 is 2.26 bits per heavy atom. The summed E-state index contributed by atoms with van der Waals surface area (Å²) in [6.07, 6.45) is 1.06. The maximum Gasteiger partial charge on any atom is 0.335 e. The number of carboxylic acid groups (broad SMARTS) is 1. The molecule has 0 aromatic heterocycles. The Kier molecular flexibility index (Phi) is 4.16. The Hall–Kier alpha value is -1.88. The van der Waals surface area contributed by atoms with Gasteiger partial charge in [0.25, 0.3) is 0 Å². The topological polar surface area (TPSA) is 66.8 Å². The van der Waals surface area contributed by atoms with Crippen molar-refractivity contribution in [2.24, 2.45) is 0 Å². The Bertz CT molecular complexity index is 498. The lowest BCUT2D eigenvalue weighted by Gasteiger charge is -2.17. The average Bonchev–Trinajstić information content (AvgIpc) is 2.69. The molecule has 0 unspecified atom stereocenters. The van der Waals surface area contributed by atoms with Gasteiger partial charge in [0.05, 0.1) is 12.0 Å². The number of anilines is 1. The normalized spacial score (nSPS) is 13.7. The lowest BCUT2D eigenvalue weighted by molar-refractivity contribution is -0.117. The van der Waals surface area contributed by atoms with Gasteiger partial charge in [0.15, 0.2) is 0 Å².